The average molecular weight is 451 g/mol. The van der Waals surface area contributed by atoms with Gasteiger partial charge in [-0.3, -0.25) is 9.59 Å². The van der Waals surface area contributed by atoms with Crippen LogP contribution in [0.1, 0.15) is 53.9 Å². The van der Waals surface area contributed by atoms with E-state index in [1.54, 1.807) is 42.5 Å². The van der Waals surface area contributed by atoms with Gasteiger partial charge in [0.25, 0.3) is 5.91 Å². The SMILES string of the molecule is CC(C)(C)c1ccc(C(=O)N2CC(=O)Nc3ccc(Cl)cc3C2c2ccc(F)cc2)cc1. The number of nitrogens with zero attached hydrogens (tertiary/aromatic N) is 1. The maximum atomic E-state index is 13.6. The van der Waals surface area contributed by atoms with Crippen molar-refractivity contribution in [3.8, 4) is 0 Å². The zero-order valence-electron chi connectivity index (χ0n) is 18.2. The van der Waals surface area contributed by atoms with E-state index in [2.05, 4.69) is 26.1 Å². The highest BCUT2D eigenvalue weighted by Gasteiger charge is 2.34. The van der Waals surface area contributed by atoms with Crippen molar-refractivity contribution < 1.29 is 14.0 Å². The van der Waals surface area contributed by atoms with E-state index in [1.807, 2.05) is 12.1 Å². The van der Waals surface area contributed by atoms with Crippen molar-refractivity contribution in [1.82, 2.24) is 4.90 Å². The fraction of sp³-hybridized carbons (Fsp3) is 0.231. The van der Waals surface area contributed by atoms with Crippen LogP contribution >= 0.6 is 11.6 Å². The Kier molecular flexibility index (Phi) is 5.78. The van der Waals surface area contributed by atoms with Crippen molar-refractivity contribution in [3.05, 3.63) is 99.8 Å². The Morgan fingerprint density at radius 3 is 2.31 bits per heavy atom. The molecule has 1 unspecified atom stereocenters. The Labute approximate surface area is 192 Å². The van der Waals surface area contributed by atoms with E-state index in [9.17, 15) is 14.0 Å². The molecule has 1 heterocycles. The summed E-state index contributed by atoms with van der Waals surface area (Å²) in [7, 11) is 0. The minimum atomic E-state index is -0.613. The molecule has 1 aliphatic heterocycles. The van der Waals surface area contributed by atoms with Crippen molar-refractivity contribution in [2.24, 2.45) is 0 Å². The molecular formula is C26H24ClFN2O2. The van der Waals surface area contributed by atoms with Crippen LogP contribution in [-0.2, 0) is 10.2 Å². The number of benzene rings is 3. The molecule has 2 amide bonds. The topological polar surface area (TPSA) is 49.4 Å². The summed E-state index contributed by atoms with van der Waals surface area (Å²) in [6.07, 6.45) is 0. The molecule has 1 aliphatic rings. The average Bonchev–Trinajstić information content (AvgIpc) is 2.89. The minimum Gasteiger partial charge on any atom is -0.324 e. The van der Waals surface area contributed by atoms with Crippen molar-refractivity contribution in [3.63, 3.8) is 0 Å². The van der Waals surface area contributed by atoms with E-state index >= 15 is 0 Å². The highest BCUT2D eigenvalue weighted by atomic mass is 35.5. The molecule has 1 atom stereocenters. The first-order valence-corrected chi connectivity index (χ1v) is 10.8. The van der Waals surface area contributed by atoms with Crippen LogP contribution < -0.4 is 5.32 Å². The maximum absolute atomic E-state index is 13.6. The molecule has 4 rings (SSSR count). The van der Waals surface area contributed by atoms with Crippen LogP contribution in [0.25, 0.3) is 0 Å². The highest BCUT2D eigenvalue weighted by molar-refractivity contribution is 6.30. The largest absolute Gasteiger partial charge is 0.324 e. The Balaban J connectivity index is 1.83. The fourth-order valence-corrected chi connectivity index (χ4v) is 4.13. The Bertz CT molecular complexity index is 1170. The Morgan fingerprint density at radius 1 is 1.03 bits per heavy atom. The maximum Gasteiger partial charge on any atom is 0.255 e. The number of nitrogens with one attached hydrogen (secondary N) is 1. The summed E-state index contributed by atoms with van der Waals surface area (Å²) in [4.78, 5) is 27.8. The monoisotopic (exact) mass is 450 g/mol. The van der Waals surface area contributed by atoms with E-state index < -0.39 is 6.04 Å². The number of hydrogen-bond donors (Lipinski definition) is 1. The number of anilines is 1. The third-order valence-corrected chi connectivity index (χ3v) is 5.89. The number of hydrogen-bond acceptors (Lipinski definition) is 2. The van der Waals surface area contributed by atoms with Gasteiger partial charge in [-0.1, -0.05) is 56.6 Å². The van der Waals surface area contributed by atoms with Gasteiger partial charge in [0.15, 0.2) is 0 Å². The lowest BCUT2D eigenvalue weighted by Crippen LogP contribution is -2.39. The number of carbonyl (C=O) groups is 2. The molecule has 0 aromatic heterocycles. The number of rotatable bonds is 2. The molecule has 0 aliphatic carbocycles. The number of carbonyl (C=O) groups excluding carboxylic acids is 2. The van der Waals surface area contributed by atoms with Crippen molar-refractivity contribution in [1.29, 1.82) is 0 Å². The van der Waals surface area contributed by atoms with E-state index in [-0.39, 0.29) is 29.6 Å². The lowest BCUT2D eigenvalue weighted by Gasteiger charge is -2.31. The number of fused-ring (bicyclic) bond motifs is 1. The minimum absolute atomic E-state index is 0.0452. The normalized spacial score (nSPS) is 16.2. The van der Waals surface area contributed by atoms with E-state index in [4.69, 9.17) is 11.6 Å². The fourth-order valence-electron chi connectivity index (χ4n) is 3.95. The quantitative estimate of drug-likeness (QED) is 0.523. The second kappa shape index (κ2) is 8.40. The molecule has 0 saturated carbocycles. The smallest absolute Gasteiger partial charge is 0.255 e. The number of amides is 2. The van der Waals surface area contributed by atoms with Crippen LogP contribution in [0.15, 0.2) is 66.7 Å². The third kappa shape index (κ3) is 4.39. The molecule has 0 fully saturated rings. The molecule has 0 saturated heterocycles. The van der Waals surface area contributed by atoms with Crippen LogP contribution in [0.2, 0.25) is 5.02 Å². The molecule has 3 aromatic rings. The zero-order valence-corrected chi connectivity index (χ0v) is 18.9. The first-order valence-electron chi connectivity index (χ1n) is 10.4. The van der Waals surface area contributed by atoms with Gasteiger partial charge >= 0.3 is 0 Å². The molecule has 0 radical (unpaired) electrons. The van der Waals surface area contributed by atoms with Crippen LogP contribution in [0.4, 0.5) is 10.1 Å². The molecule has 164 valence electrons. The van der Waals surface area contributed by atoms with Gasteiger partial charge in [-0.05, 0) is 59.0 Å². The molecular weight excluding hydrogens is 427 g/mol. The van der Waals surface area contributed by atoms with Crippen LogP contribution in [0.5, 0.6) is 0 Å². The second-order valence-corrected chi connectivity index (χ2v) is 9.43. The van der Waals surface area contributed by atoms with Gasteiger partial charge in [-0.15, -0.1) is 0 Å². The van der Waals surface area contributed by atoms with Crippen molar-refractivity contribution >= 4 is 29.1 Å². The molecule has 0 bridgehead atoms. The first kappa shape index (κ1) is 22.0. The van der Waals surface area contributed by atoms with Crippen molar-refractivity contribution in [2.45, 2.75) is 32.2 Å². The molecule has 1 N–H and O–H groups in total. The van der Waals surface area contributed by atoms with E-state index in [1.165, 1.54) is 17.0 Å². The predicted molar refractivity (Wildman–Crippen MR) is 125 cm³/mol. The summed E-state index contributed by atoms with van der Waals surface area (Å²) in [6.45, 7) is 6.17. The molecule has 3 aromatic carbocycles. The Hall–Kier alpha value is -3.18. The van der Waals surface area contributed by atoms with E-state index in [0.29, 0.717) is 27.4 Å². The molecule has 0 spiro atoms. The van der Waals surface area contributed by atoms with Gasteiger partial charge in [0, 0.05) is 21.8 Å². The molecule has 4 nitrogen and oxygen atoms in total. The van der Waals surface area contributed by atoms with Gasteiger partial charge in [-0.25, -0.2) is 4.39 Å². The lowest BCUT2D eigenvalue weighted by atomic mass is 9.86. The second-order valence-electron chi connectivity index (χ2n) is 8.99. The first-order chi connectivity index (χ1) is 15.1. The van der Waals surface area contributed by atoms with Gasteiger partial charge < -0.3 is 10.2 Å². The zero-order chi connectivity index (χ0) is 23.0. The van der Waals surface area contributed by atoms with Crippen LogP contribution in [0, 0.1) is 5.82 Å². The highest BCUT2D eigenvalue weighted by Crippen LogP contribution is 2.38. The summed E-state index contributed by atoms with van der Waals surface area (Å²) in [5.41, 5.74) is 3.47. The summed E-state index contributed by atoms with van der Waals surface area (Å²) < 4.78 is 13.6. The summed E-state index contributed by atoms with van der Waals surface area (Å²) >= 11 is 6.27. The molecule has 32 heavy (non-hydrogen) atoms. The molecule has 6 heteroatoms. The lowest BCUT2D eigenvalue weighted by molar-refractivity contribution is -0.117. The van der Waals surface area contributed by atoms with Crippen LogP contribution in [-0.4, -0.2) is 23.3 Å². The summed E-state index contributed by atoms with van der Waals surface area (Å²) in [6, 6.07) is 17.9. The van der Waals surface area contributed by atoms with Gasteiger partial charge in [-0.2, -0.15) is 0 Å². The van der Waals surface area contributed by atoms with Crippen molar-refractivity contribution in [2.75, 3.05) is 11.9 Å². The Morgan fingerprint density at radius 2 is 1.69 bits per heavy atom. The van der Waals surface area contributed by atoms with Gasteiger partial charge in [0.05, 0.1) is 6.04 Å². The summed E-state index contributed by atoms with van der Waals surface area (Å²) in [5.74, 6) is -0.973. The van der Waals surface area contributed by atoms with E-state index in [0.717, 1.165) is 5.56 Å². The van der Waals surface area contributed by atoms with Gasteiger partial charge in [0.1, 0.15) is 12.4 Å². The van der Waals surface area contributed by atoms with Crippen LogP contribution in [0.3, 0.4) is 0 Å². The standard InChI is InChI=1S/C26H24ClFN2O2/c1-26(2,3)18-8-4-17(5-9-18)25(32)30-15-23(31)29-22-13-10-19(27)14-21(22)24(30)16-6-11-20(28)12-7-16/h4-14,24H,15H2,1-3H3,(H,29,31). The predicted octanol–water partition coefficient (Wildman–Crippen LogP) is 5.96. The van der Waals surface area contributed by atoms with Gasteiger partial charge in [0.2, 0.25) is 5.91 Å². The third-order valence-electron chi connectivity index (χ3n) is 5.65. The number of halogens is 2. The summed E-state index contributed by atoms with van der Waals surface area (Å²) in [5, 5.41) is 3.34.